The van der Waals surface area contributed by atoms with Crippen LogP contribution in [0.15, 0.2) is 24.3 Å². The topological polar surface area (TPSA) is 58.2 Å². The summed E-state index contributed by atoms with van der Waals surface area (Å²) in [5, 5.41) is 3.84. The van der Waals surface area contributed by atoms with Gasteiger partial charge in [-0.15, -0.1) is 0 Å². The van der Waals surface area contributed by atoms with E-state index in [0.29, 0.717) is 11.7 Å². The molecule has 0 aliphatic heterocycles. The fourth-order valence-electron chi connectivity index (χ4n) is 4.79. The van der Waals surface area contributed by atoms with Gasteiger partial charge in [-0.05, 0) is 63.1 Å². The molecule has 0 radical (unpaired) electrons. The zero-order chi connectivity index (χ0) is 20.2. The molecule has 158 valence electrons. The Kier molecular flexibility index (Phi) is 7.08. The van der Waals surface area contributed by atoms with Gasteiger partial charge in [-0.2, -0.15) is 0 Å². The Labute approximate surface area is 171 Å². The molecule has 0 amide bonds. The molecular weight excluding hydrogens is 368 g/mol. The minimum absolute atomic E-state index is 0.635. The van der Waals surface area contributed by atoms with Crippen molar-refractivity contribution in [1.82, 2.24) is 5.32 Å². The smallest absolute Gasteiger partial charge is 0.237 e. The van der Waals surface area contributed by atoms with Gasteiger partial charge in [0.15, 0.2) is 0 Å². The predicted octanol–water partition coefficient (Wildman–Crippen LogP) is 5.46. The van der Waals surface area contributed by atoms with E-state index in [1.165, 1.54) is 63.4 Å². The van der Waals surface area contributed by atoms with Gasteiger partial charge in [0.2, 0.25) is 10.0 Å². The zero-order valence-corrected chi connectivity index (χ0v) is 18.7. The van der Waals surface area contributed by atoms with Crippen LogP contribution >= 0.6 is 0 Å². The molecule has 28 heavy (non-hydrogen) atoms. The van der Waals surface area contributed by atoms with Crippen LogP contribution in [0.5, 0.6) is 0 Å². The highest BCUT2D eigenvalue weighted by Crippen LogP contribution is 2.38. The van der Waals surface area contributed by atoms with Gasteiger partial charge in [-0.25, -0.2) is 8.42 Å². The number of nitrogens with one attached hydrogen (secondary N) is 2. The summed E-state index contributed by atoms with van der Waals surface area (Å²) < 4.78 is 26.5. The van der Waals surface area contributed by atoms with E-state index in [-0.39, 0.29) is 0 Å². The van der Waals surface area contributed by atoms with Gasteiger partial charge in [-0.1, -0.05) is 57.1 Å². The van der Waals surface area contributed by atoms with Crippen molar-refractivity contribution in [2.75, 3.05) is 4.72 Å². The second-order valence-electron chi connectivity index (χ2n) is 9.75. The average Bonchev–Trinajstić information content (AvgIpc) is 2.67. The van der Waals surface area contributed by atoms with Crippen molar-refractivity contribution in [3.8, 4) is 0 Å². The minimum Gasteiger partial charge on any atom is -0.310 e. The van der Waals surface area contributed by atoms with E-state index in [1.54, 1.807) is 20.8 Å². The van der Waals surface area contributed by atoms with Gasteiger partial charge in [0, 0.05) is 18.3 Å². The molecule has 0 heterocycles. The molecule has 0 bridgehead atoms. The van der Waals surface area contributed by atoms with Crippen molar-refractivity contribution in [1.29, 1.82) is 0 Å². The van der Waals surface area contributed by atoms with Gasteiger partial charge in [0.05, 0.1) is 4.75 Å². The van der Waals surface area contributed by atoms with Crippen LogP contribution in [0.3, 0.4) is 0 Å². The summed E-state index contributed by atoms with van der Waals surface area (Å²) in [6.07, 6.45) is 12.5. The SMILES string of the molecule is CC(C)(C)S(=O)(=O)Nc1ccc(CNC2CCCCC2C2CCCCC2)cc1. The Bertz CT molecular complexity index is 716. The Balaban J connectivity index is 1.56. The molecule has 3 rings (SSSR count). The average molecular weight is 407 g/mol. The van der Waals surface area contributed by atoms with Crippen LogP contribution in [0, 0.1) is 11.8 Å². The summed E-state index contributed by atoms with van der Waals surface area (Å²) in [4.78, 5) is 0. The van der Waals surface area contributed by atoms with Crippen molar-refractivity contribution < 1.29 is 8.42 Å². The number of hydrogen-bond acceptors (Lipinski definition) is 3. The van der Waals surface area contributed by atoms with E-state index in [2.05, 4.69) is 10.0 Å². The molecule has 2 fully saturated rings. The predicted molar refractivity (Wildman–Crippen MR) is 118 cm³/mol. The van der Waals surface area contributed by atoms with Crippen molar-refractivity contribution in [3.05, 3.63) is 29.8 Å². The Morgan fingerprint density at radius 3 is 2.14 bits per heavy atom. The molecule has 0 aromatic heterocycles. The summed E-state index contributed by atoms with van der Waals surface area (Å²) >= 11 is 0. The largest absolute Gasteiger partial charge is 0.310 e. The van der Waals surface area contributed by atoms with Crippen LogP contribution in [-0.4, -0.2) is 19.2 Å². The van der Waals surface area contributed by atoms with E-state index < -0.39 is 14.8 Å². The van der Waals surface area contributed by atoms with Crippen molar-refractivity contribution in [2.45, 2.75) is 95.9 Å². The van der Waals surface area contributed by atoms with Gasteiger partial charge in [0.1, 0.15) is 0 Å². The number of rotatable bonds is 6. The normalized spacial score (nSPS) is 24.8. The summed E-state index contributed by atoms with van der Waals surface area (Å²) in [6, 6.07) is 8.45. The highest BCUT2D eigenvalue weighted by Gasteiger charge is 2.32. The molecule has 2 aliphatic rings. The highest BCUT2D eigenvalue weighted by molar-refractivity contribution is 7.94. The lowest BCUT2D eigenvalue weighted by Crippen LogP contribution is -2.42. The molecule has 2 saturated carbocycles. The van der Waals surface area contributed by atoms with Crippen molar-refractivity contribution in [2.24, 2.45) is 11.8 Å². The van der Waals surface area contributed by atoms with E-state index in [9.17, 15) is 8.42 Å². The molecule has 2 atom stereocenters. The number of hydrogen-bond donors (Lipinski definition) is 2. The summed E-state index contributed by atoms with van der Waals surface area (Å²) in [7, 11) is -3.38. The first kappa shape index (κ1) is 21.6. The van der Waals surface area contributed by atoms with E-state index in [1.807, 2.05) is 24.3 Å². The maximum Gasteiger partial charge on any atom is 0.237 e. The Morgan fingerprint density at radius 2 is 1.50 bits per heavy atom. The standard InChI is InChI=1S/C23H38N2O2S/c1-23(2,3)28(26,27)25-20-15-13-18(14-16-20)17-24-22-12-8-7-11-21(22)19-9-5-4-6-10-19/h13-16,19,21-22,24-25H,4-12,17H2,1-3H3. The lowest BCUT2D eigenvalue weighted by atomic mass is 9.71. The van der Waals surface area contributed by atoms with Crippen LogP contribution in [0.25, 0.3) is 0 Å². The molecule has 2 N–H and O–H groups in total. The molecule has 5 heteroatoms. The molecule has 2 unspecified atom stereocenters. The third kappa shape index (κ3) is 5.50. The zero-order valence-electron chi connectivity index (χ0n) is 17.8. The van der Waals surface area contributed by atoms with E-state index in [4.69, 9.17) is 0 Å². The summed E-state index contributed by atoms with van der Waals surface area (Å²) in [5.74, 6) is 1.76. The summed E-state index contributed by atoms with van der Waals surface area (Å²) in [6.45, 7) is 5.99. The van der Waals surface area contributed by atoms with Crippen LogP contribution in [0.2, 0.25) is 0 Å². The molecule has 1 aromatic rings. The van der Waals surface area contributed by atoms with E-state index >= 15 is 0 Å². The first-order valence-corrected chi connectivity index (χ1v) is 12.6. The van der Waals surface area contributed by atoms with Crippen LogP contribution < -0.4 is 10.0 Å². The summed E-state index contributed by atoms with van der Waals surface area (Å²) in [5.41, 5.74) is 1.85. The van der Waals surface area contributed by atoms with E-state index in [0.717, 1.165) is 18.4 Å². The first-order chi connectivity index (χ1) is 13.3. The minimum atomic E-state index is -3.38. The number of sulfonamides is 1. The van der Waals surface area contributed by atoms with Gasteiger partial charge in [0.25, 0.3) is 0 Å². The molecule has 0 spiro atoms. The third-order valence-electron chi connectivity index (χ3n) is 6.66. The second-order valence-corrected chi connectivity index (χ2v) is 12.2. The molecule has 4 nitrogen and oxygen atoms in total. The highest BCUT2D eigenvalue weighted by atomic mass is 32.2. The quantitative estimate of drug-likeness (QED) is 0.660. The fourth-order valence-corrected chi connectivity index (χ4v) is 5.54. The van der Waals surface area contributed by atoms with Crippen LogP contribution in [-0.2, 0) is 16.6 Å². The Morgan fingerprint density at radius 1 is 0.893 bits per heavy atom. The monoisotopic (exact) mass is 406 g/mol. The second kappa shape index (κ2) is 9.17. The van der Waals surface area contributed by atoms with Gasteiger partial charge in [-0.3, -0.25) is 4.72 Å². The van der Waals surface area contributed by atoms with Gasteiger partial charge < -0.3 is 5.32 Å². The fraction of sp³-hybridized carbons (Fsp3) is 0.739. The first-order valence-electron chi connectivity index (χ1n) is 11.1. The van der Waals surface area contributed by atoms with Crippen molar-refractivity contribution >= 4 is 15.7 Å². The van der Waals surface area contributed by atoms with Gasteiger partial charge >= 0.3 is 0 Å². The maximum absolute atomic E-state index is 12.3. The number of benzene rings is 1. The molecule has 1 aromatic carbocycles. The molecule has 0 saturated heterocycles. The van der Waals surface area contributed by atoms with Crippen LogP contribution in [0.4, 0.5) is 5.69 Å². The molecular formula is C23H38N2O2S. The van der Waals surface area contributed by atoms with Crippen LogP contribution in [0.1, 0.15) is 84.1 Å². The maximum atomic E-state index is 12.3. The number of anilines is 1. The van der Waals surface area contributed by atoms with Crippen molar-refractivity contribution in [3.63, 3.8) is 0 Å². The Hall–Kier alpha value is -1.07. The lowest BCUT2D eigenvalue weighted by Gasteiger charge is -2.39. The third-order valence-corrected chi connectivity index (χ3v) is 8.77. The molecule has 2 aliphatic carbocycles. The lowest BCUT2D eigenvalue weighted by molar-refractivity contribution is 0.149.